The summed E-state index contributed by atoms with van der Waals surface area (Å²) in [6.45, 7) is 0. The minimum Gasteiger partial charge on any atom is -0.432 e. The fourth-order valence-corrected chi connectivity index (χ4v) is 1.15. The number of nitrogens with zero attached hydrogens (tertiary/aromatic N) is 1. The van der Waals surface area contributed by atoms with Crippen molar-refractivity contribution in [1.82, 2.24) is 4.90 Å². The van der Waals surface area contributed by atoms with Crippen LogP contribution in [-0.2, 0) is 0 Å². The van der Waals surface area contributed by atoms with Gasteiger partial charge in [-0.25, -0.2) is 0 Å². The smallest absolute Gasteiger partial charge is 0.264 e. The maximum atomic E-state index is 5.38. The predicted octanol–water partition coefficient (Wildman–Crippen LogP) is 2.52. The molecule has 0 amide bonds. The zero-order valence-corrected chi connectivity index (χ0v) is 10.4. The number of hydrogen-bond donors (Lipinski definition) is 0. The highest BCUT2D eigenvalue weighted by Crippen LogP contribution is 2.13. The van der Waals surface area contributed by atoms with Crippen LogP contribution < -0.4 is 4.74 Å². The van der Waals surface area contributed by atoms with E-state index in [1.165, 1.54) is 3.57 Å². The van der Waals surface area contributed by atoms with E-state index in [4.69, 9.17) is 17.0 Å². The van der Waals surface area contributed by atoms with Crippen LogP contribution >= 0.6 is 34.8 Å². The molecule has 0 aliphatic carbocycles. The van der Waals surface area contributed by atoms with Crippen molar-refractivity contribution in [2.24, 2.45) is 0 Å². The molecule has 0 aliphatic rings. The lowest BCUT2D eigenvalue weighted by atomic mass is 10.3. The molecule has 0 atom stereocenters. The minimum atomic E-state index is 0.473. The molecule has 0 aliphatic heterocycles. The van der Waals surface area contributed by atoms with Crippen LogP contribution in [0.3, 0.4) is 0 Å². The Hall–Kier alpha value is -0.360. The Morgan fingerprint density at radius 1 is 1.31 bits per heavy atom. The van der Waals surface area contributed by atoms with E-state index >= 15 is 0 Å². The van der Waals surface area contributed by atoms with Gasteiger partial charge >= 0.3 is 0 Å². The molecular weight excluding hydrogens is 297 g/mol. The van der Waals surface area contributed by atoms with Gasteiger partial charge in [-0.15, -0.1) is 0 Å². The van der Waals surface area contributed by atoms with Gasteiger partial charge in [0.15, 0.2) is 0 Å². The number of benzene rings is 1. The molecule has 70 valence electrons. The molecule has 0 aromatic heterocycles. The van der Waals surface area contributed by atoms with Gasteiger partial charge in [0.25, 0.3) is 5.17 Å². The fourth-order valence-electron chi connectivity index (χ4n) is 0.695. The molecule has 4 heteroatoms. The molecule has 0 radical (unpaired) electrons. The van der Waals surface area contributed by atoms with E-state index in [2.05, 4.69) is 22.6 Å². The van der Waals surface area contributed by atoms with Gasteiger partial charge in [-0.1, -0.05) is 0 Å². The van der Waals surface area contributed by atoms with Gasteiger partial charge in [0, 0.05) is 17.7 Å². The molecule has 1 rings (SSSR count). The summed E-state index contributed by atoms with van der Waals surface area (Å²) in [6.07, 6.45) is 0. The van der Waals surface area contributed by atoms with Crippen molar-refractivity contribution in [2.75, 3.05) is 14.1 Å². The monoisotopic (exact) mass is 307 g/mol. The fraction of sp³-hybridized carbons (Fsp3) is 0.222. The zero-order chi connectivity index (χ0) is 9.84. The highest BCUT2D eigenvalue weighted by molar-refractivity contribution is 14.1. The summed E-state index contributed by atoms with van der Waals surface area (Å²) in [5, 5.41) is 0.473. The lowest BCUT2D eigenvalue weighted by molar-refractivity contribution is 0.449. The first-order valence-electron chi connectivity index (χ1n) is 3.74. The SMILES string of the molecule is CN(C)C(=S)Oc1ccc(I)cc1. The zero-order valence-electron chi connectivity index (χ0n) is 7.45. The third-order valence-corrected chi connectivity index (χ3v) is 2.55. The van der Waals surface area contributed by atoms with Crippen LogP contribution in [0.1, 0.15) is 0 Å². The van der Waals surface area contributed by atoms with Crippen molar-refractivity contribution in [1.29, 1.82) is 0 Å². The molecule has 0 fully saturated rings. The van der Waals surface area contributed by atoms with Gasteiger partial charge in [0.05, 0.1) is 0 Å². The number of ether oxygens (including phenoxy) is 1. The topological polar surface area (TPSA) is 12.5 Å². The van der Waals surface area contributed by atoms with E-state index < -0.39 is 0 Å². The second kappa shape index (κ2) is 4.76. The van der Waals surface area contributed by atoms with Crippen LogP contribution in [0.2, 0.25) is 0 Å². The summed E-state index contributed by atoms with van der Waals surface area (Å²) < 4.78 is 6.57. The Morgan fingerprint density at radius 3 is 2.31 bits per heavy atom. The maximum Gasteiger partial charge on any atom is 0.264 e. The molecule has 0 saturated heterocycles. The van der Waals surface area contributed by atoms with Crippen molar-refractivity contribution in [2.45, 2.75) is 0 Å². The van der Waals surface area contributed by atoms with Crippen molar-refractivity contribution in [3.63, 3.8) is 0 Å². The largest absolute Gasteiger partial charge is 0.432 e. The molecular formula is C9H10INOS. The number of hydrogen-bond acceptors (Lipinski definition) is 2. The average molecular weight is 307 g/mol. The Bertz CT molecular complexity index is 297. The van der Waals surface area contributed by atoms with E-state index in [0.717, 1.165) is 5.75 Å². The quantitative estimate of drug-likeness (QED) is 0.584. The van der Waals surface area contributed by atoms with Gasteiger partial charge in [-0.05, 0) is 59.1 Å². The summed E-state index contributed by atoms with van der Waals surface area (Å²) in [5.74, 6) is 0.777. The Kier molecular flexibility index (Phi) is 3.92. The van der Waals surface area contributed by atoms with Gasteiger partial charge in [-0.2, -0.15) is 0 Å². The predicted molar refractivity (Wildman–Crippen MR) is 66.1 cm³/mol. The molecule has 1 aromatic rings. The third-order valence-electron chi connectivity index (χ3n) is 1.38. The maximum absolute atomic E-state index is 5.38. The van der Waals surface area contributed by atoms with Gasteiger partial charge < -0.3 is 9.64 Å². The van der Waals surface area contributed by atoms with Crippen LogP contribution in [0.15, 0.2) is 24.3 Å². The van der Waals surface area contributed by atoms with Crippen molar-refractivity contribution >= 4 is 40.0 Å². The summed E-state index contributed by atoms with van der Waals surface area (Å²) >= 11 is 7.24. The van der Waals surface area contributed by atoms with E-state index in [0.29, 0.717) is 5.17 Å². The second-order valence-electron chi connectivity index (χ2n) is 2.72. The molecule has 0 bridgehead atoms. The first kappa shape index (κ1) is 10.7. The summed E-state index contributed by atoms with van der Waals surface area (Å²) in [6, 6.07) is 7.76. The first-order chi connectivity index (χ1) is 6.09. The van der Waals surface area contributed by atoms with Crippen LogP contribution in [0.4, 0.5) is 0 Å². The standard InChI is InChI=1S/C9H10INOS/c1-11(2)9(13)12-8-5-3-7(10)4-6-8/h3-6H,1-2H3. The molecule has 2 nitrogen and oxygen atoms in total. The molecule has 0 heterocycles. The van der Waals surface area contributed by atoms with Crippen LogP contribution in [0.5, 0.6) is 5.75 Å². The normalized spacial score (nSPS) is 9.46. The summed E-state index contributed by atoms with van der Waals surface area (Å²) in [4.78, 5) is 1.76. The van der Waals surface area contributed by atoms with E-state index in [-0.39, 0.29) is 0 Å². The lowest BCUT2D eigenvalue weighted by Gasteiger charge is -2.13. The molecule has 13 heavy (non-hydrogen) atoms. The summed E-state index contributed by atoms with van der Waals surface area (Å²) in [5.41, 5.74) is 0. The van der Waals surface area contributed by atoms with Crippen LogP contribution in [0, 0.1) is 3.57 Å². The first-order valence-corrected chi connectivity index (χ1v) is 5.23. The minimum absolute atomic E-state index is 0.473. The molecule has 0 unspecified atom stereocenters. The van der Waals surface area contributed by atoms with Gasteiger partial charge in [0.2, 0.25) is 0 Å². The van der Waals surface area contributed by atoms with Gasteiger partial charge in [0.1, 0.15) is 5.75 Å². The Morgan fingerprint density at radius 2 is 1.85 bits per heavy atom. The Labute approximate surface area is 97.0 Å². The molecule has 0 spiro atoms. The second-order valence-corrected chi connectivity index (χ2v) is 4.31. The highest BCUT2D eigenvalue weighted by atomic mass is 127. The molecule has 0 saturated carbocycles. The van der Waals surface area contributed by atoms with Crippen molar-refractivity contribution < 1.29 is 4.74 Å². The number of rotatable bonds is 1. The Balaban J connectivity index is 2.65. The van der Waals surface area contributed by atoms with E-state index in [9.17, 15) is 0 Å². The van der Waals surface area contributed by atoms with Crippen molar-refractivity contribution in [3.05, 3.63) is 27.8 Å². The van der Waals surface area contributed by atoms with E-state index in [1.807, 2.05) is 38.4 Å². The number of halogens is 1. The third kappa shape index (κ3) is 3.48. The lowest BCUT2D eigenvalue weighted by Crippen LogP contribution is -2.24. The average Bonchev–Trinajstić information content (AvgIpc) is 2.08. The van der Waals surface area contributed by atoms with Gasteiger partial charge in [-0.3, -0.25) is 0 Å². The highest BCUT2D eigenvalue weighted by Gasteiger charge is 2.00. The van der Waals surface area contributed by atoms with Crippen LogP contribution in [-0.4, -0.2) is 24.2 Å². The molecule has 1 aromatic carbocycles. The molecule has 0 N–H and O–H groups in total. The van der Waals surface area contributed by atoms with Crippen LogP contribution in [0.25, 0.3) is 0 Å². The van der Waals surface area contributed by atoms with Crippen molar-refractivity contribution in [3.8, 4) is 5.75 Å². The summed E-state index contributed by atoms with van der Waals surface area (Å²) in [7, 11) is 3.71. The van der Waals surface area contributed by atoms with E-state index in [1.54, 1.807) is 4.90 Å². The number of thiocarbonyl (C=S) groups is 1.